The molecule has 2 aromatic rings. The number of imide groups is 1. The van der Waals surface area contributed by atoms with Crippen LogP contribution in [0.25, 0.3) is 5.57 Å². The summed E-state index contributed by atoms with van der Waals surface area (Å²) in [4.78, 5) is 42.2. The number of methoxy groups -OCH3 is 1. The van der Waals surface area contributed by atoms with Crippen LogP contribution in [0.1, 0.15) is 54.0 Å². The third-order valence-corrected chi connectivity index (χ3v) is 5.81. The first kappa shape index (κ1) is 19.9. The predicted molar refractivity (Wildman–Crippen MR) is 115 cm³/mol. The number of amides is 3. The summed E-state index contributed by atoms with van der Waals surface area (Å²) in [5.74, 6) is -0.578. The number of nitrogens with zero attached hydrogens (tertiary/aromatic N) is 2. The summed E-state index contributed by atoms with van der Waals surface area (Å²) in [7, 11) is 1.58. The number of hydrogen-bond donors (Lipinski definition) is 0. The molecule has 2 heterocycles. The number of anilines is 1. The molecule has 6 nitrogen and oxygen atoms in total. The maximum absolute atomic E-state index is 13.7. The highest BCUT2D eigenvalue weighted by Crippen LogP contribution is 2.41. The lowest BCUT2D eigenvalue weighted by atomic mass is 9.88. The minimum absolute atomic E-state index is 0.326. The quantitative estimate of drug-likeness (QED) is 0.728. The van der Waals surface area contributed by atoms with E-state index in [-0.39, 0.29) is 5.91 Å². The van der Waals surface area contributed by atoms with Gasteiger partial charge in [-0.25, -0.2) is 0 Å². The molecule has 0 N–H and O–H groups in total. The Hall–Kier alpha value is -3.41. The van der Waals surface area contributed by atoms with Crippen molar-refractivity contribution in [2.45, 2.75) is 39.3 Å². The lowest BCUT2D eigenvalue weighted by molar-refractivity contribution is -0.122. The van der Waals surface area contributed by atoms with Crippen molar-refractivity contribution in [2.24, 2.45) is 0 Å². The third kappa shape index (κ3) is 2.83. The number of benzene rings is 2. The summed E-state index contributed by atoms with van der Waals surface area (Å²) >= 11 is 0. The highest BCUT2D eigenvalue weighted by atomic mass is 16.5. The van der Waals surface area contributed by atoms with Crippen LogP contribution >= 0.6 is 0 Å². The van der Waals surface area contributed by atoms with Gasteiger partial charge < -0.3 is 9.64 Å². The molecule has 0 aromatic heterocycles. The smallest absolute Gasteiger partial charge is 0.262 e. The second-order valence-corrected chi connectivity index (χ2v) is 8.24. The largest absolute Gasteiger partial charge is 0.497 e. The Morgan fingerprint density at radius 2 is 1.60 bits per heavy atom. The number of rotatable bonds is 3. The van der Waals surface area contributed by atoms with Crippen LogP contribution in [0.4, 0.5) is 5.69 Å². The van der Waals surface area contributed by atoms with E-state index in [0.29, 0.717) is 22.6 Å². The second kappa shape index (κ2) is 6.83. The zero-order valence-corrected chi connectivity index (χ0v) is 17.7. The van der Waals surface area contributed by atoms with E-state index < -0.39 is 23.4 Å². The molecule has 6 heteroatoms. The van der Waals surface area contributed by atoms with Crippen molar-refractivity contribution < 1.29 is 19.1 Å². The van der Waals surface area contributed by atoms with Crippen LogP contribution in [-0.2, 0) is 4.79 Å². The second-order valence-electron chi connectivity index (χ2n) is 8.24. The maximum atomic E-state index is 13.7. The highest BCUT2D eigenvalue weighted by Gasteiger charge is 2.45. The van der Waals surface area contributed by atoms with E-state index in [1.807, 2.05) is 45.0 Å². The Labute approximate surface area is 175 Å². The summed E-state index contributed by atoms with van der Waals surface area (Å²) in [6, 6.07) is 11.3. The van der Waals surface area contributed by atoms with Gasteiger partial charge in [0, 0.05) is 11.6 Å². The minimum atomic E-state index is -0.956. The van der Waals surface area contributed by atoms with Crippen LogP contribution in [0.3, 0.4) is 0 Å². The SMILES string of the molecule is COc1ccc2c(c1)N(C(=O)[C@@H](C)N1C(=O)c3ccccc3C1=O)C(C)(C)C=C2C. The van der Waals surface area contributed by atoms with E-state index in [0.717, 1.165) is 16.0 Å². The molecular weight excluding hydrogens is 380 g/mol. The summed E-state index contributed by atoms with van der Waals surface area (Å²) in [5.41, 5.74) is 2.68. The van der Waals surface area contributed by atoms with Crippen LogP contribution in [0.15, 0.2) is 48.5 Å². The predicted octanol–water partition coefficient (Wildman–Crippen LogP) is 3.91. The van der Waals surface area contributed by atoms with Crippen LogP contribution in [0, 0.1) is 0 Å². The number of ether oxygens (including phenoxy) is 1. The van der Waals surface area contributed by atoms with E-state index in [1.54, 1.807) is 43.2 Å². The van der Waals surface area contributed by atoms with E-state index in [2.05, 4.69) is 0 Å². The first-order chi connectivity index (χ1) is 14.2. The van der Waals surface area contributed by atoms with Crippen LogP contribution in [0.2, 0.25) is 0 Å². The van der Waals surface area contributed by atoms with E-state index >= 15 is 0 Å². The van der Waals surface area contributed by atoms with E-state index in [1.165, 1.54) is 0 Å². The van der Waals surface area contributed by atoms with Gasteiger partial charge in [-0.05, 0) is 57.5 Å². The van der Waals surface area contributed by atoms with Crippen molar-refractivity contribution in [3.8, 4) is 5.75 Å². The molecule has 0 radical (unpaired) electrons. The summed E-state index contributed by atoms with van der Waals surface area (Å²) in [5, 5.41) is 0. The van der Waals surface area contributed by atoms with Gasteiger partial charge in [0.1, 0.15) is 11.8 Å². The third-order valence-electron chi connectivity index (χ3n) is 5.81. The molecule has 0 aliphatic carbocycles. The molecule has 4 rings (SSSR count). The van der Waals surface area contributed by atoms with Gasteiger partial charge in [-0.2, -0.15) is 0 Å². The fourth-order valence-corrected chi connectivity index (χ4v) is 4.40. The molecule has 0 spiro atoms. The lowest BCUT2D eigenvalue weighted by Crippen LogP contribution is -2.56. The number of fused-ring (bicyclic) bond motifs is 2. The average molecular weight is 404 g/mol. The molecule has 2 aromatic carbocycles. The molecular formula is C24H24N2O4. The number of carbonyl (C=O) groups excluding carboxylic acids is 3. The average Bonchev–Trinajstić information content (AvgIpc) is 2.96. The van der Waals surface area contributed by atoms with Gasteiger partial charge in [0.25, 0.3) is 17.7 Å². The molecule has 0 saturated carbocycles. The molecule has 0 fully saturated rings. The maximum Gasteiger partial charge on any atom is 0.262 e. The van der Waals surface area contributed by atoms with Crippen molar-refractivity contribution in [2.75, 3.05) is 12.0 Å². The monoisotopic (exact) mass is 404 g/mol. The number of hydrogen-bond acceptors (Lipinski definition) is 4. The van der Waals surface area contributed by atoms with Crippen molar-refractivity contribution >= 4 is 29.0 Å². The standard InChI is InChI=1S/C24H24N2O4/c1-14-13-24(3,4)26(20-12-16(30-5)10-11-17(14)20)21(27)15(2)25-22(28)18-8-6-7-9-19(18)23(25)29/h6-13,15H,1-5H3/t15-/m1/s1. The molecule has 2 aliphatic rings. The lowest BCUT2D eigenvalue weighted by Gasteiger charge is -2.43. The molecule has 154 valence electrons. The van der Waals surface area contributed by atoms with Gasteiger partial charge >= 0.3 is 0 Å². The number of carbonyl (C=O) groups is 3. The molecule has 1 atom stereocenters. The Kier molecular flexibility index (Phi) is 4.53. The fraction of sp³-hybridized carbons (Fsp3) is 0.292. The Bertz CT molecular complexity index is 1080. The first-order valence-corrected chi connectivity index (χ1v) is 9.86. The van der Waals surface area contributed by atoms with Gasteiger partial charge in [0.2, 0.25) is 0 Å². The Balaban J connectivity index is 1.76. The molecule has 30 heavy (non-hydrogen) atoms. The Morgan fingerprint density at radius 1 is 1.00 bits per heavy atom. The van der Waals surface area contributed by atoms with Gasteiger partial charge in [-0.15, -0.1) is 0 Å². The van der Waals surface area contributed by atoms with Crippen molar-refractivity contribution in [3.63, 3.8) is 0 Å². The van der Waals surface area contributed by atoms with Gasteiger partial charge in [0.15, 0.2) is 0 Å². The molecule has 0 saturated heterocycles. The Morgan fingerprint density at radius 3 is 2.17 bits per heavy atom. The summed E-state index contributed by atoms with van der Waals surface area (Å²) in [6.45, 7) is 7.48. The molecule has 0 bridgehead atoms. The molecule has 0 unspecified atom stereocenters. The van der Waals surface area contributed by atoms with E-state index in [9.17, 15) is 14.4 Å². The van der Waals surface area contributed by atoms with Gasteiger partial charge in [-0.3, -0.25) is 19.3 Å². The highest BCUT2D eigenvalue weighted by molar-refractivity contribution is 6.23. The fourth-order valence-electron chi connectivity index (χ4n) is 4.40. The van der Waals surface area contributed by atoms with Crippen LogP contribution in [-0.4, -0.2) is 41.3 Å². The topological polar surface area (TPSA) is 66.9 Å². The van der Waals surface area contributed by atoms with Crippen LogP contribution < -0.4 is 9.64 Å². The number of allylic oxidation sites excluding steroid dienone is 1. The van der Waals surface area contributed by atoms with Gasteiger partial charge in [0.05, 0.1) is 29.5 Å². The summed E-state index contributed by atoms with van der Waals surface area (Å²) in [6.07, 6.45) is 2.02. The molecule has 2 aliphatic heterocycles. The zero-order valence-electron chi connectivity index (χ0n) is 17.7. The van der Waals surface area contributed by atoms with Crippen molar-refractivity contribution in [1.82, 2.24) is 4.90 Å². The summed E-state index contributed by atoms with van der Waals surface area (Å²) < 4.78 is 5.37. The molecule has 3 amide bonds. The normalized spacial score (nSPS) is 18.0. The zero-order chi connectivity index (χ0) is 21.8. The minimum Gasteiger partial charge on any atom is -0.497 e. The van der Waals surface area contributed by atoms with Crippen molar-refractivity contribution in [1.29, 1.82) is 0 Å². The van der Waals surface area contributed by atoms with Crippen molar-refractivity contribution in [3.05, 3.63) is 65.2 Å². The van der Waals surface area contributed by atoms with Crippen LogP contribution in [0.5, 0.6) is 5.75 Å². The first-order valence-electron chi connectivity index (χ1n) is 9.86. The van der Waals surface area contributed by atoms with Gasteiger partial charge in [-0.1, -0.05) is 18.2 Å². The van der Waals surface area contributed by atoms with E-state index in [4.69, 9.17) is 4.74 Å².